The number of ether oxygens (including phenoxy) is 2. The van der Waals surface area contributed by atoms with Gasteiger partial charge in [0.05, 0.1) is 7.11 Å². The smallest absolute Gasteiger partial charge is 0.153 e. The van der Waals surface area contributed by atoms with Crippen LogP contribution in [0.15, 0.2) is 54.5 Å². The largest absolute Gasteiger partial charge is 0.494 e. The van der Waals surface area contributed by atoms with E-state index >= 15 is 0 Å². The lowest BCUT2D eigenvalue weighted by Gasteiger charge is -2.23. The second-order valence-electron chi connectivity index (χ2n) is 4.31. The number of hydrogen-bond donors (Lipinski definition) is 0. The van der Waals surface area contributed by atoms with E-state index in [2.05, 4.69) is 0 Å². The Bertz CT molecular complexity index is 430. The zero-order chi connectivity index (χ0) is 13.4. The van der Waals surface area contributed by atoms with Gasteiger partial charge in [0.1, 0.15) is 18.1 Å². The van der Waals surface area contributed by atoms with Crippen molar-refractivity contribution in [2.75, 3.05) is 7.11 Å². The first-order valence-electron chi connectivity index (χ1n) is 5.69. The molecule has 0 saturated carbocycles. The molecular weight excluding hydrogens is 228 g/mol. The second kappa shape index (κ2) is 6.64. The highest BCUT2D eigenvalue weighted by Gasteiger charge is 2.16. The number of rotatable bonds is 2. The lowest BCUT2D eigenvalue weighted by atomic mass is 10.1. The molecule has 0 bridgehead atoms. The van der Waals surface area contributed by atoms with Crippen LogP contribution in [-0.2, 0) is 9.47 Å². The summed E-state index contributed by atoms with van der Waals surface area (Å²) in [5.41, 5.74) is 0.551. The van der Waals surface area contributed by atoms with Gasteiger partial charge in [-0.25, -0.2) is 0 Å². The number of carbonyl (C=O) groups excluding carboxylic acids is 1. The normalized spacial score (nSPS) is 15.6. The Balaban J connectivity index is 0.000000184. The van der Waals surface area contributed by atoms with E-state index in [1.165, 1.54) is 0 Å². The summed E-state index contributed by atoms with van der Waals surface area (Å²) in [6, 6.07) is 9.10. The van der Waals surface area contributed by atoms with E-state index in [-0.39, 0.29) is 5.60 Å². The molecular formula is C15H18O3. The summed E-state index contributed by atoms with van der Waals surface area (Å²) < 4.78 is 10.2. The topological polar surface area (TPSA) is 35.5 Å². The summed E-state index contributed by atoms with van der Waals surface area (Å²) in [6.45, 7) is 3.98. The monoisotopic (exact) mass is 246 g/mol. The summed E-state index contributed by atoms with van der Waals surface area (Å²) in [5.74, 6) is 0.763. The number of carbonyl (C=O) groups is 1. The molecule has 1 aliphatic heterocycles. The molecule has 0 atom stereocenters. The van der Waals surface area contributed by atoms with Gasteiger partial charge in [0.15, 0.2) is 5.76 Å². The van der Waals surface area contributed by atoms with Gasteiger partial charge >= 0.3 is 0 Å². The fourth-order valence-electron chi connectivity index (χ4n) is 1.22. The van der Waals surface area contributed by atoms with Gasteiger partial charge in [-0.2, -0.15) is 0 Å². The van der Waals surface area contributed by atoms with Crippen LogP contribution < -0.4 is 0 Å². The highest BCUT2D eigenvalue weighted by atomic mass is 16.5. The number of benzene rings is 1. The Labute approximate surface area is 108 Å². The van der Waals surface area contributed by atoms with E-state index in [1.807, 2.05) is 44.2 Å². The van der Waals surface area contributed by atoms with E-state index in [0.29, 0.717) is 0 Å². The Hall–Kier alpha value is -2.03. The van der Waals surface area contributed by atoms with E-state index < -0.39 is 0 Å². The maximum Gasteiger partial charge on any atom is 0.153 e. The van der Waals surface area contributed by atoms with Gasteiger partial charge in [0.2, 0.25) is 0 Å². The number of aldehydes is 1. The molecule has 3 heteroatoms. The Morgan fingerprint density at radius 3 is 2.28 bits per heavy atom. The fourth-order valence-corrected chi connectivity index (χ4v) is 1.22. The highest BCUT2D eigenvalue weighted by molar-refractivity contribution is 5.74. The summed E-state index contributed by atoms with van der Waals surface area (Å²) in [7, 11) is 1.62. The summed E-state index contributed by atoms with van der Waals surface area (Å²) >= 11 is 0. The zero-order valence-corrected chi connectivity index (χ0v) is 10.9. The van der Waals surface area contributed by atoms with Gasteiger partial charge in [0, 0.05) is 5.56 Å². The average molecular weight is 246 g/mol. The average Bonchev–Trinajstić information content (AvgIpc) is 2.40. The molecule has 0 fully saturated rings. The number of allylic oxidation sites excluding steroid dienone is 1. The third-order valence-electron chi connectivity index (χ3n) is 2.30. The van der Waals surface area contributed by atoms with Crippen molar-refractivity contribution in [1.82, 2.24) is 0 Å². The minimum absolute atomic E-state index is 0.179. The summed E-state index contributed by atoms with van der Waals surface area (Å²) in [6.07, 6.45) is 6.33. The molecule has 0 N–H and O–H groups in total. The number of hydrogen-bond acceptors (Lipinski definition) is 3. The molecule has 0 saturated heterocycles. The van der Waals surface area contributed by atoms with E-state index in [9.17, 15) is 4.79 Å². The van der Waals surface area contributed by atoms with Gasteiger partial charge in [-0.3, -0.25) is 4.79 Å². The molecule has 18 heavy (non-hydrogen) atoms. The van der Waals surface area contributed by atoms with Gasteiger partial charge < -0.3 is 9.47 Å². The lowest BCUT2D eigenvalue weighted by molar-refractivity contribution is 0.0877. The van der Waals surface area contributed by atoms with Crippen molar-refractivity contribution in [3.63, 3.8) is 0 Å². The molecule has 96 valence electrons. The lowest BCUT2D eigenvalue weighted by Crippen LogP contribution is -2.20. The highest BCUT2D eigenvalue weighted by Crippen LogP contribution is 2.18. The molecule has 1 aromatic carbocycles. The van der Waals surface area contributed by atoms with Gasteiger partial charge in [-0.05, 0) is 26.0 Å². The van der Waals surface area contributed by atoms with Crippen LogP contribution in [0.4, 0.5) is 0 Å². The molecule has 3 nitrogen and oxygen atoms in total. The summed E-state index contributed by atoms with van der Waals surface area (Å²) in [5, 5.41) is 0. The van der Waals surface area contributed by atoms with E-state index in [4.69, 9.17) is 9.47 Å². The predicted molar refractivity (Wildman–Crippen MR) is 71.2 cm³/mol. The van der Waals surface area contributed by atoms with E-state index in [0.717, 1.165) is 17.6 Å². The maximum atomic E-state index is 10.0. The summed E-state index contributed by atoms with van der Waals surface area (Å²) in [4.78, 5) is 10.0. The van der Waals surface area contributed by atoms with Crippen LogP contribution in [0.25, 0.3) is 0 Å². The molecule has 1 aromatic rings. The first-order valence-corrected chi connectivity index (χ1v) is 5.69. The standard InChI is InChI=1S/C8H12O2.C7H6O/c1-8(2)5-4-7(9-3)6-10-8;8-6-7-4-2-1-3-5-7/h4-6H,1-3H3;1-6H. The Morgan fingerprint density at radius 2 is 1.89 bits per heavy atom. The molecule has 0 unspecified atom stereocenters. The SMILES string of the molecule is COC1=COC(C)(C)C=C1.O=Cc1ccccc1. The minimum atomic E-state index is -0.179. The molecule has 0 spiro atoms. The van der Waals surface area contributed by atoms with Crippen LogP contribution >= 0.6 is 0 Å². The second-order valence-corrected chi connectivity index (χ2v) is 4.31. The first-order chi connectivity index (χ1) is 8.57. The molecule has 0 aromatic heterocycles. The molecule has 0 amide bonds. The van der Waals surface area contributed by atoms with Gasteiger partial charge in [-0.1, -0.05) is 30.3 Å². The van der Waals surface area contributed by atoms with Crippen molar-refractivity contribution < 1.29 is 14.3 Å². The van der Waals surface area contributed by atoms with Crippen LogP contribution in [0.2, 0.25) is 0 Å². The number of methoxy groups -OCH3 is 1. The van der Waals surface area contributed by atoms with E-state index in [1.54, 1.807) is 25.5 Å². The van der Waals surface area contributed by atoms with Crippen molar-refractivity contribution in [3.8, 4) is 0 Å². The Morgan fingerprint density at radius 1 is 1.22 bits per heavy atom. The zero-order valence-electron chi connectivity index (χ0n) is 10.9. The molecule has 2 rings (SSSR count). The van der Waals surface area contributed by atoms with Crippen molar-refractivity contribution in [1.29, 1.82) is 0 Å². The molecule has 1 aliphatic rings. The maximum absolute atomic E-state index is 10.0. The van der Waals surface area contributed by atoms with Crippen molar-refractivity contribution in [3.05, 3.63) is 60.1 Å². The van der Waals surface area contributed by atoms with Crippen LogP contribution in [0.5, 0.6) is 0 Å². The quantitative estimate of drug-likeness (QED) is 0.751. The van der Waals surface area contributed by atoms with Crippen LogP contribution in [0, 0.1) is 0 Å². The van der Waals surface area contributed by atoms with Crippen molar-refractivity contribution >= 4 is 6.29 Å². The van der Waals surface area contributed by atoms with Crippen molar-refractivity contribution in [2.24, 2.45) is 0 Å². The van der Waals surface area contributed by atoms with Gasteiger partial charge in [0.25, 0.3) is 0 Å². The Kier molecular flexibility index (Phi) is 5.18. The van der Waals surface area contributed by atoms with Crippen LogP contribution in [-0.4, -0.2) is 19.0 Å². The predicted octanol–water partition coefficient (Wildman–Crippen LogP) is 3.34. The molecule has 1 heterocycles. The third-order valence-corrected chi connectivity index (χ3v) is 2.30. The minimum Gasteiger partial charge on any atom is -0.494 e. The third kappa shape index (κ3) is 4.87. The molecule has 0 aliphatic carbocycles. The fraction of sp³-hybridized carbons (Fsp3) is 0.267. The van der Waals surface area contributed by atoms with Crippen molar-refractivity contribution in [2.45, 2.75) is 19.4 Å². The van der Waals surface area contributed by atoms with Crippen LogP contribution in [0.3, 0.4) is 0 Å². The van der Waals surface area contributed by atoms with Crippen LogP contribution in [0.1, 0.15) is 24.2 Å². The first kappa shape index (κ1) is 14.0. The molecule has 0 radical (unpaired) electrons. The van der Waals surface area contributed by atoms with Gasteiger partial charge in [-0.15, -0.1) is 0 Å².